The molecule has 0 heterocycles. The summed E-state index contributed by atoms with van der Waals surface area (Å²) in [6.07, 6.45) is 0.865. The highest BCUT2D eigenvalue weighted by Gasteiger charge is 2.18. The minimum absolute atomic E-state index is 0.504. The second kappa shape index (κ2) is 5.87. The molecule has 0 bridgehead atoms. The van der Waals surface area contributed by atoms with Gasteiger partial charge in [0.05, 0.1) is 22.1 Å². The molecule has 0 aliphatic rings. The Morgan fingerprint density at radius 1 is 1.10 bits per heavy atom. The predicted molar refractivity (Wildman–Crippen MR) is 74.9 cm³/mol. The van der Waals surface area contributed by atoms with Gasteiger partial charge in [-0.1, -0.05) is 0 Å². The van der Waals surface area contributed by atoms with E-state index in [4.69, 9.17) is 5.14 Å². The van der Waals surface area contributed by atoms with Crippen LogP contribution in [0.2, 0.25) is 0 Å². The first-order valence-electron chi connectivity index (χ1n) is 5.31. The highest BCUT2D eigenvalue weighted by Crippen LogP contribution is 2.19. The molecule has 8 nitrogen and oxygen atoms in total. The smallest absolute Gasteiger partial charge is 0.238 e. The number of nitrogens with two attached hydrogens (primary N) is 1. The molecule has 120 valence electrons. The van der Waals surface area contributed by atoms with E-state index in [1.807, 2.05) is 4.72 Å². The summed E-state index contributed by atoms with van der Waals surface area (Å²) >= 11 is 0. The van der Waals surface area contributed by atoms with Gasteiger partial charge < -0.3 is 0 Å². The Morgan fingerprint density at radius 3 is 2.10 bits per heavy atom. The highest BCUT2D eigenvalue weighted by molar-refractivity contribution is 7.95. The molecule has 0 aromatic heterocycles. The van der Waals surface area contributed by atoms with E-state index in [0.29, 0.717) is 6.07 Å². The first kappa shape index (κ1) is 17.8. The van der Waals surface area contributed by atoms with Crippen LogP contribution in [0, 0.1) is 5.82 Å². The lowest BCUT2D eigenvalue weighted by molar-refractivity contribution is 0.590. The fourth-order valence-electron chi connectivity index (χ4n) is 1.24. The van der Waals surface area contributed by atoms with Crippen molar-refractivity contribution in [3.63, 3.8) is 0 Å². The van der Waals surface area contributed by atoms with Crippen molar-refractivity contribution in [3.05, 3.63) is 24.0 Å². The number of nitrogens with one attached hydrogen (secondary N) is 1. The molecule has 0 saturated carbocycles. The van der Waals surface area contributed by atoms with Gasteiger partial charge in [0.25, 0.3) is 0 Å². The van der Waals surface area contributed by atoms with E-state index in [2.05, 4.69) is 0 Å². The number of benzene rings is 1. The number of rotatable bonds is 6. The van der Waals surface area contributed by atoms with Gasteiger partial charge in [-0.05, 0) is 18.2 Å². The maximum absolute atomic E-state index is 13.6. The number of sulfone groups is 1. The average molecular weight is 360 g/mol. The van der Waals surface area contributed by atoms with Crippen LogP contribution in [0.15, 0.2) is 23.1 Å². The Morgan fingerprint density at radius 2 is 1.67 bits per heavy atom. The number of sulfonamides is 2. The van der Waals surface area contributed by atoms with Gasteiger partial charge in [0.2, 0.25) is 20.0 Å². The van der Waals surface area contributed by atoms with Crippen LogP contribution in [0.5, 0.6) is 0 Å². The summed E-state index contributed by atoms with van der Waals surface area (Å²) in [5.74, 6) is -2.52. The minimum atomic E-state index is -4.11. The van der Waals surface area contributed by atoms with Gasteiger partial charge in [0, 0.05) is 6.26 Å². The summed E-state index contributed by atoms with van der Waals surface area (Å²) in [6.45, 7) is 0. The molecule has 1 rings (SSSR count). The zero-order valence-electron chi connectivity index (χ0n) is 10.8. The number of hydrogen-bond acceptors (Lipinski definition) is 6. The number of anilines is 1. The van der Waals surface area contributed by atoms with Crippen molar-refractivity contribution in [1.29, 1.82) is 0 Å². The Bertz CT molecular complexity index is 845. The SMILES string of the molecule is CS(=O)(=O)CCS(=O)(=O)Nc1ccc(S(N)(=O)=O)cc1F. The van der Waals surface area contributed by atoms with Gasteiger partial charge in [-0.25, -0.2) is 34.8 Å². The molecule has 0 fully saturated rings. The zero-order valence-corrected chi connectivity index (χ0v) is 13.2. The third-order valence-electron chi connectivity index (χ3n) is 2.26. The van der Waals surface area contributed by atoms with Crippen LogP contribution in [0.25, 0.3) is 0 Å². The summed E-state index contributed by atoms with van der Waals surface area (Å²) in [5.41, 5.74) is -0.504. The van der Waals surface area contributed by atoms with E-state index in [1.165, 1.54) is 0 Å². The van der Waals surface area contributed by atoms with Crippen molar-refractivity contribution in [2.45, 2.75) is 4.90 Å². The molecule has 0 unspecified atom stereocenters. The summed E-state index contributed by atoms with van der Waals surface area (Å²) in [5, 5.41) is 4.80. The van der Waals surface area contributed by atoms with Crippen molar-refractivity contribution in [3.8, 4) is 0 Å². The third-order valence-corrected chi connectivity index (χ3v) is 5.65. The highest BCUT2D eigenvalue weighted by atomic mass is 32.2. The molecule has 12 heteroatoms. The van der Waals surface area contributed by atoms with Gasteiger partial charge in [0.1, 0.15) is 15.7 Å². The fraction of sp³-hybridized carbons (Fsp3) is 0.333. The van der Waals surface area contributed by atoms with E-state index >= 15 is 0 Å². The largest absolute Gasteiger partial charge is 0.281 e. The maximum atomic E-state index is 13.6. The maximum Gasteiger partial charge on any atom is 0.238 e. The fourth-order valence-corrected chi connectivity index (χ4v) is 4.45. The molecule has 0 aliphatic carbocycles. The molecule has 0 aliphatic heterocycles. The lowest BCUT2D eigenvalue weighted by atomic mass is 10.3. The second-order valence-electron chi connectivity index (χ2n) is 4.24. The second-order valence-corrected chi connectivity index (χ2v) is 9.90. The topological polar surface area (TPSA) is 140 Å². The van der Waals surface area contributed by atoms with Gasteiger partial charge in [0.15, 0.2) is 0 Å². The number of primary sulfonamides is 1. The Labute approximate surface area is 122 Å². The van der Waals surface area contributed by atoms with Crippen molar-refractivity contribution in [2.75, 3.05) is 22.5 Å². The van der Waals surface area contributed by atoms with Gasteiger partial charge >= 0.3 is 0 Å². The van der Waals surface area contributed by atoms with Crippen LogP contribution < -0.4 is 9.86 Å². The first-order valence-corrected chi connectivity index (χ1v) is 10.6. The lowest BCUT2D eigenvalue weighted by Crippen LogP contribution is -2.23. The average Bonchev–Trinajstić information content (AvgIpc) is 2.27. The molecule has 21 heavy (non-hydrogen) atoms. The number of halogens is 1. The minimum Gasteiger partial charge on any atom is -0.281 e. The van der Waals surface area contributed by atoms with Crippen molar-refractivity contribution in [1.82, 2.24) is 0 Å². The lowest BCUT2D eigenvalue weighted by Gasteiger charge is -2.09. The summed E-state index contributed by atoms with van der Waals surface area (Å²) in [6, 6.07) is 2.36. The molecular formula is C9H13FN2O6S3. The molecule has 0 saturated heterocycles. The molecular weight excluding hydrogens is 347 g/mol. The van der Waals surface area contributed by atoms with Crippen molar-refractivity contribution < 1.29 is 29.6 Å². The molecule has 0 spiro atoms. The molecule has 0 radical (unpaired) electrons. The van der Waals surface area contributed by atoms with Crippen LogP contribution >= 0.6 is 0 Å². The normalized spacial score (nSPS) is 13.1. The van der Waals surface area contributed by atoms with Gasteiger partial charge in [-0.3, -0.25) is 4.72 Å². The Hall–Kier alpha value is -1.24. The van der Waals surface area contributed by atoms with E-state index in [9.17, 15) is 29.6 Å². The first-order chi connectivity index (χ1) is 9.30. The molecule has 0 atom stereocenters. The predicted octanol–water partition coefficient (Wildman–Crippen LogP) is -0.741. The standard InChI is InChI=1S/C9H13FN2O6S3/c1-19(13,14)4-5-20(15,16)12-9-3-2-7(6-8(9)10)21(11,17)18/h2-3,6,12H,4-5H2,1H3,(H2,11,17,18). The number of hydrogen-bond donors (Lipinski definition) is 2. The van der Waals surface area contributed by atoms with E-state index < -0.39 is 57.8 Å². The Balaban J connectivity index is 2.99. The van der Waals surface area contributed by atoms with E-state index in [1.54, 1.807) is 0 Å². The van der Waals surface area contributed by atoms with Crippen LogP contribution in [-0.4, -0.2) is 43.0 Å². The van der Waals surface area contributed by atoms with Crippen LogP contribution in [0.4, 0.5) is 10.1 Å². The summed E-state index contributed by atoms with van der Waals surface area (Å²) in [7, 11) is -11.7. The van der Waals surface area contributed by atoms with Crippen molar-refractivity contribution in [2.24, 2.45) is 5.14 Å². The third kappa shape index (κ3) is 5.95. The molecule has 3 N–H and O–H groups in total. The summed E-state index contributed by atoms with van der Waals surface area (Å²) < 4.78 is 82.5. The van der Waals surface area contributed by atoms with E-state index in [-0.39, 0.29) is 0 Å². The molecule has 1 aromatic rings. The zero-order chi connectivity index (χ0) is 16.5. The molecule has 1 aromatic carbocycles. The summed E-state index contributed by atoms with van der Waals surface area (Å²) in [4.78, 5) is -0.515. The van der Waals surface area contributed by atoms with Crippen molar-refractivity contribution >= 4 is 35.6 Å². The van der Waals surface area contributed by atoms with E-state index in [0.717, 1.165) is 18.4 Å². The Kier molecular flexibility index (Phi) is 4.98. The van der Waals surface area contributed by atoms with Crippen LogP contribution in [-0.2, 0) is 29.9 Å². The molecule has 0 amide bonds. The monoisotopic (exact) mass is 360 g/mol. The van der Waals surface area contributed by atoms with Crippen LogP contribution in [0.1, 0.15) is 0 Å². The quantitative estimate of drug-likeness (QED) is 0.684. The van der Waals surface area contributed by atoms with Gasteiger partial charge in [-0.15, -0.1) is 0 Å². The van der Waals surface area contributed by atoms with Crippen LogP contribution in [0.3, 0.4) is 0 Å². The van der Waals surface area contributed by atoms with Gasteiger partial charge in [-0.2, -0.15) is 0 Å².